The first-order valence-electron chi connectivity index (χ1n) is 7.48. The molecule has 4 rings (SSSR count). The molecule has 1 N–H and O–H groups in total. The van der Waals surface area contributed by atoms with Gasteiger partial charge >= 0.3 is 0 Å². The van der Waals surface area contributed by atoms with Gasteiger partial charge in [0, 0.05) is 55.0 Å². The Morgan fingerprint density at radius 2 is 1.95 bits per heavy atom. The van der Waals surface area contributed by atoms with Crippen LogP contribution in [0.5, 0.6) is 0 Å². The van der Waals surface area contributed by atoms with Crippen molar-refractivity contribution in [2.24, 2.45) is 0 Å². The second-order valence-corrected chi connectivity index (χ2v) is 6.02. The van der Waals surface area contributed by atoms with Crippen LogP contribution < -0.4 is 9.80 Å². The number of fused-ring (bicyclic) bond motifs is 2. The Bertz CT molecular complexity index is 873. The molecular formula is C19H19N3. The molecule has 0 amide bonds. The van der Waals surface area contributed by atoms with Crippen molar-refractivity contribution in [2.75, 3.05) is 23.9 Å². The Labute approximate surface area is 130 Å². The molecule has 0 bridgehead atoms. The topological polar surface area (TPSA) is 22.3 Å². The standard InChI is InChI=1S/C19H19N3/c1-13-18-10-16(21(2)3)6-5-15(18)12-22(13)17-7-4-14-8-9-20-19(14)11-17/h4-11,20H,1,12H2,2-3H3. The number of rotatable bonds is 2. The van der Waals surface area contributed by atoms with Crippen LogP contribution in [0.4, 0.5) is 11.4 Å². The zero-order valence-corrected chi connectivity index (χ0v) is 12.9. The van der Waals surface area contributed by atoms with Gasteiger partial charge in [-0.1, -0.05) is 18.7 Å². The molecule has 0 aliphatic carbocycles. The molecule has 0 radical (unpaired) electrons. The third-order valence-corrected chi connectivity index (χ3v) is 4.43. The fourth-order valence-electron chi connectivity index (χ4n) is 3.11. The van der Waals surface area contributed by atoms with Crippen LogP contribution in [0.15, 0.2) is 55.2 Å². The number of benzene rings is 2. The van der Waals surface area contributed by atoms with Crippen LogP contribution in [0.1, 0.15) is 11.1 Å². The van der Waals surface area contributed by atoms with Crippen molar-refractivity contribution in [1.82, 2.24) is 4.98 Å². The molecule has 1 aliphatic rings. The normalized spacial score (nSPS) is 13.7. The number of aromatic amines is 1. The molecule has 0 saturated heterocycles. The van der Waals surface area contributed by atoms with Crippen LogP contribution >= 0.6 is 0 Å². The number of nitrogens with one attached hydrogen (secondary N) is 1. The fraction of sp³-hybridized carbons (Fsp3) is 0.158. The summed E-state index contributed by atoms with van der Waals surface area (Å²) in [6.45, 7) is 5.20. The molecule has 0 atom stereocenters. The lowest BCUT2D eigenvalue weighted by Crippen LogP contribution is -2.12. The van der Waals surface area contributed by atoms with Crippen LogP contribution in [0.25, 0.3) is 16.6 Å². The van der Waals surface area contributed by atoms with Crippen LogP contribution in [-0.4, -0.2) is 19.1 Å². The minimum atomic E-state index is 0.883. The summed E-state index contributed by atoms with van der Waals surface area (Å²) in [5.41, 5.74) is 7.21. The highest BCUT2D eigenvalue weighted by molar-refractivity contribution is 5.89. The van der Waals surface area contributed by atoms with E-state index in [1.54, 1.807) is 0 Å². The van der Waals surface area contributed by atoms with E-state index in [9.17, 15) is 0 Å². The van der Waals surface area contributed by atoms with Crippen molar-refractivity contribution >= 4 is 28.0 Å². The minimum absolute atomic E-state index is 0.883. The maximum atomic E-state index is 4.32. The van der Waals surface area contributed by atoms with Gasteiger partial charge in [-0.05, 0) is 41.3 Å². The highest BCUT2D eigenvalue weighted by Gasteiger charge is 2.24. The summed E-state index contributed by atoms with van der Waals surface area (Å²) in [5, 5.41) is 1.24. The zero-order valence-electron chi connectivity index (χ0n) is 12.9. The van der Waals surface area contributed by atoms with Crippen LogP contribution in [0.2, 0.25) is 0 Å². The van der Waals surface area contributed by atoms with Gasteiger partial charge in [-0.2, -0.15) is 0 Å². The number of H-pyrrole nitrogens is 1. The third kappa shape index (κ3) is 1.90. The summed E-state index contributed by atoms with van der Waals surface area (Å²) in [4.78, 5) is 7.69. The quantitative estimate of drug-likeness (QED) is 0.763. The molecule has 1 aromatic heterocycles. The van der Waals surface area contributed by atoms with Crippen molar-refractivity contribution < 1.29 is 0 Å². The summed E-state index contributed by atoms with van der Waals surface area (Å²) in [5.74, 6) is 0. The Morgan fingerprint density at radius 3 is 2.77 bits per heavy atom. The van der Waals surface area contributed by atoms with E-state index in [2.05, 4.69) is 77.9 Å². The maximum Gasteiger partial charge on any atom is 0.0488 e. The molecule has 110 valence electrons. The van der Waals surface area contributed by atoms with E-state index >= 15 is 0 Å². The van der Waals surface area contributed by atoms with Crippen LogP contribution in [-0.2, 0) is 6.54 Å². The highest BCUT2D eigenvalue weighted by atomic mass is 15.2. The second kappa shape index (κ2) is 4.67. The number of hydrogen-bond donors (Lipinski definition) is 1. The molecule has 1 aliphatic heterocycles. The molecular weight excluding hydrogens is 270 g/mol. The smallest absolute Gasteiger partial charge is 0.0488 e. The number of nitrogens with zero attached hydrogens (tertiary/aromatic N) is 2. The first kappa shape index (κ1) is 13.0. The first-order valence-corrected chi connectivity index (χ1v) is 7.48. The molecule has 0 saturated carbocycles. The Kier molecular flexibility index (Phi) is 2.76. The number of hydrogen-bond acceptors (Lipinski definition) is 2. The van der Waals surface area contributed by atoms with Gasteiger partial charge in [0.05, 0.1) is 0 Å². The molecule has 2 heterocycles. The SMILES string of the molecule is C=C1c2cc(N(C)C)ccc2CN1c1ccc2cc[nH]c2c1. The average molecular weight is 289 g/mol. The van der Waals surface area contributed by atoms with Gasteiger partial charge < -0.3 is 14.8 Å². The zero-order chi connectivity index (χ0) is 15.3. The lowest BCUT2D eigenvalue weighted by atomic mass is 10.1. The minimum Gasteiger partial charge on any atom is -0.378 e. The molecule has 0 unspecified atom stereocenters. The van der Waals surface area contributed by atoms with Gasteiger partial charge in [-0.3, -0.25) is 0 Å². The van der Waals surface area contributed by atoms with E-state index in [1.807, 2.05) is 6.20 Å². The van der Waals surface area contributed by atoms with Gasteiger partial charge in [-0.25, -0.2) is 0 Å². The Balaban J connectivity index is 1.74. The van der Waals surface area contributed by atoms with E-state index in [0.717, 1.165) is 17.8 Å². The lowest BCUT2D eigenvalue weighted by Gasteiger charge is -2.19. The van der Waals surface area contributed by atoms with E-state index in [-0.39, 0.29) is 0 Å². The van der Waals surface area contributed by atoms with Crippen molar-refractivity contribution in [3.8, 4) is 0 Å². The van der Waals surface area contributed by atoms with Gasteiger partial charge in [0.2, 0.25) is 0 Å². The van der Waals surface area contributed by atoms with Crippen LogP contribution in [0.3, 0.4) is 0 Å². The van der Waals surface area contributed by atoms with Gasteiger partial charge in [0.1, 0.15) is 0 Å². The Morgan fingerprint density at radius 1 is 1.09 bits per heavy atom. The summed E-state index contributed by atoms with van der Waals surface area (Å²) in [6, 6.07) is 15.2. The number of anilines is 2. The second-order valence-electron chi connectivity index (χ2n) is 6.02. The molecule has 3 nitrogen and oxygen atoms in total. The van der Waals surface area contributed by atoms with Gasteiger partial charge in [0.15, 0.2) is 0 Å². The molecule has 0 spiro atoms. The maximum absolute atomic E-state index is 4.32. The summed E-state index contributed by atoms with van der Waals surface area (Å²) in [6.07, 6.45) is 1.98. The number of aromatic nitrogens is 1. The molecule has 2 aromatic carbocycles. The average Bonchev–Trinajstić information content (AvgIpc) is 3.11. The molecule has 0 fully saturated rings. The van der Waals surface area contributed by atoms with Crippen molar-refractivity contribution in [1.29, 1.82) is 0 Å². The fourth-order valence-corrected chi connectivity index (χ4v) is 3.11. The van der Waals surface area contributed by atoms with E-state index < -0.39 is 0 Å². The highest BCUT2D eigenvalue weighted by Crippen LogP contribution is 2.38. The van der Waals surface area contributed by atoms with Crippen molar-refractivity contribution in [3.63, 3.8) is 0 Å². The predicted octanol–water partition coefficient (Wildman–Crippen LogP) is 4.22. The van der Waals surface area contributed by atoms with Gasteiger partial charge in [-0.15, -0.1) is 0 Å². The van der Waals surface area contributed by atoms with E-state index in [4.69, 9.17) is 0 Å². The molecule has 3 aromatic rings. The predicted molar refractivity (Wildman–Crippen MR) is 94.3 cm³/mol. The summed E-state index contributed by atoms with van der Waals surface area (Å²) < 4.78 is 0. The summed E-state index contributed by atoms with van der Waals surface area (Å²) in [7, 11) is 4.13. The van der Waals surface area contributed by atoms with E-state index in [1.165, 1.54) is 27.9 Å². The van der Waals surface area contributed by atoms with Crippen molar-refractivity contribution in [2.45, 2.75) is 6.54 Å². The monoisotopic (exact) mass is 289 g/mol. The first-order chi connectivity index (χ1) is 10.6. The van der Waals surface area contributed by atoms with E-state index in [0.29, 0.717) is 0 Å². The van der Waals surface area contributed by atoms with Crippen molar-refractivity contribution in [3.05, 3.63) is 66.4 Å². The Hall–Kier alpha value is -2.68. The van der Waals surface area contributed by atoms with Crippen LogP contribution in [0, 0.1) is 0 Å². The lowest BCUT2D eigenvalue weighted by molar-refractivity contribution is 1.04. The summed E-state index contributed by atoms with van der Waals surface area (Å²) >= 11 is 0. The molecule has 22 heavy (non-hydrogen) atoms. The third-order valence-electron chi connectivity index (χ3n) is 4.43. The van der Waals surface area contributed by atoms with Gasteiger partial charge in [0.25, 0.3) is 0 Å². The largest absolute Gasteiger partial charge is 0.378 e. The molecule has 3 heteroatoms.